The molecule has 39 heavy (non-hydrogen) atoms. The summed E-state index contributed by atoms with van der Waals surface area (Å²) < 4.78 is 10.8. The van der Waals surface area contributed by atoms with Gasteiger partial charge in [-0.1, -0.05) is 38.1 Å². The zero-order chi connectivity index (χ0) is 29.4. The van der Waals surface area contributed by atoms with E-state index in [4.69, 9.17) is 19.7 Å². The first-order valence-corrected chi connectivity index (χ1v) is 13.1. The van der Waals surface area contributed by atoms with Crippen molar-refractivity contribution in [1.29, 1.82) is 0 Å². The maximum absolute atomic E-state index is 13.0. The van der Waals surface area contributed by atoms with E-state index in [1.54, 1.807) is 31.2 Å². The van der Waals surface area contributed by atoms with Crippen LogP contribution in [-0.2, 0) is 35.2 Å². The molecular weight excluding hydrogens is 510 g/mol. The largest absolute Gasteiger partial charge is 0.481 e. The summed E-state index contributed by atoms with van der Waals surface area (Å²) in [5, 5.41) is 34.3. The second-order valence-electron chi connectivity index (χ2n) is 9.52. The number of aliphatic hydroxyl groups is 1. The van der Waals surface area contributed by atoms with Gasteiger partial charge in [0.15, 0.2) is 0 Å². The number of aliphatic hydroxyl groups excluding tert-OH is 1. The first kappa shape index (κ1) is 34.0. The third-order valence-electron chi connectivity index (χ3n) is 5.96. The Bertz CT molecular complexity index is 910. The maximum Gasteiger partial charge on any atom is 0.306 e. The van der Waals surface area contributed by atoms with E-state index in [1.807, 2.05) is 13.8 Å². The van der Waals surface area contributed by atoms with Gasteiger partial charge in [-0.25, -0.2) is 0 Å². The molecule has 0 aliphatic rings. The summed E-state index contributed by atoms with van der Waals surface area (Å²) >= 11 is 0. The standard InChI is InChI=1S/C27H43N3O9/c1-5-28-23(31)17-38-12-13-39-20(4)15-29-25(34)22-8-6-21(7-9-22)16-30(11-10-24(32)33)26(35)18(2)14-19(3)27(36)37/h6-9,18-20,25,29,34H,5,10-17H2,1-4H3,(H,28,31)(H,32,33)(H,36,37). The van der Waals surface area contributed by atoms with Crippen LogP contribution >= 0.6 is 0 Å². The van der Waals surface area contributed by atoms with Gasteiger partial charge in [0, 0.05) is 32.1 Å². The van der Waals surface area contributed by atoms with Crippen molar-refractivity contribution in [2.45, 2.75) is 59.4 Å². The minimum atomic E-state index is -1.03. The monoisotopic (exact) mass is 553 g/mol. The molecule has 5 N–H and O–H groups in total. The molecule has 1 aromatic rings. The van der Waals surface area contributed by atoms with E-state index < -0.39 is 30.0 Å². The molecule has 0 aliphatic carbocycles. The predicted molar refractivity (Wildman–Crippen MR) is 143 cm³/mol. The number of aliphatic carboxylic acids is 2. The summed E-state index contributed by atoms with van der Waals surface area (Å²) in [5.74, 6) is -3.78. The third-order valence-corrected chi connectivity index (χ3v) is 5.96. The van der Waals surface area contributed by atoms with Crippen molar-refractivity contribution in [3.63, 3.8) is 0 Å². The van der Waals surface area contributed by atoms with Gasteiger partial charge in [-0.05, 0) is 31.4 Å². The Morgan fingerprint density at radius 3 is 2.26 bits per heavy atom. The van der Waals surface area contributed by atoms with Crippen molar-refractivity contribution in [2.24, 2.45) is 11.8 Å². The van der Waals surface area contributed by atoms with Gasteiger partial charge < -0.3 is 35.0 Å². The van der Waals surface area contributed by atoms with Crippen molar-refractivity contribution < 1.29 is 44.0 Å². The number of carboxylic acids is 2. The molecule has 1 aromatic carbocycles. The fourth-order valence-corrected chi connectivity index (χ4v) is 3.74. The Morgan fingerprint density at radius 2 is 1.67 bits per heavy atom. The molecule has 4 atom stereocenters. The molecule has 4 unspecified atom stereocenters. The van der Waals surface area contributed by atoms with Crippen LogP contribution in [0.25, 0.3) is 0 Å². The molecule has 0 heterocycles. The van der Waals surface area contributed by atoms with Crippen LogP contribution in [-0.4, -0.2) is 89.5 Å². The Labute approximate surface area is 229 Å². The molecule has 0 radical (unpaired) electrons. The van der Waals surface area contributed by atoms with Crippen LogP contribution in [0.15, 0.2) is 24.3 Å². The Morgan fingerprint density at radius 1 is 1.00 bits per heavy atom. The first-order valence-electron chi connectivity index (χ1n) is 13.1. The average Bonchev–Trinajstić information content (AvgIpc) is 2.89. The highest BCUT2D eigenvalue weighted by atomic mass is 16.5. The SMILES string of the molecule is CCNC(=O)COCCOC(C)CNC(O)c1ccc(CN(CCC(=O)O)C(=O)C(C)CC(C)C(=O)O)cc1. The van der Waals surface area contributed by atoms with Gasteiger partial charge in [-0.3, -0.25) is 24.5 Å². The molecule has 1 rings (SSSR count). The van der Waals surface area contributed by atoms with Gasteiger partial charge in [0.25, 0.3) is 0 Å². The molecule has 0 aliphatic heterocycles. The Hall–Kier alpha value is -3.06. The lowest BCUT2D eigenvalue weighted by Crippen LogP contribution is -2.37. The van der Waals surface area contributed by atoms with Gasteiger partial charge in [0.2, 0.25) is 11.8 Å². The summed E-state index contributed by atoms with van der Waals surface area (Å²) in [4.78, 5) is 48.0. The molecule has 0 fully saturated rings. The van der Waals surface area contributed by atoms with Crippen LogP contribution in [0, 0.1) is 11.8 Å². The third kappa shape index (κ3) is 14.1. The molecule has 220 valence electrons. The number of hydrogen-bond donors (Lipinski definition) is 5. The zero-order valence-corrected chi connectivity index (χ0v) is 23.2. The molecule has 2 amide bonds. The molecule has 0 spiro atoms. The summed E-state index contributed by atoms with van der Waals surface area (Å²) in [5.41, 5.74) is 1.34. The number of hydrogen-bond acceptors (Lipinski definition) is 8. The van der Waals surface area contributed by atoms with Crippen LogP contribution < -0.4 is 10.6 Å². The van der Waals surface area contributed by atoms with Gasteiger partial charge >= 0.3 is 11.9 Å². The summed E-state index contributed by atoms with van der Waals surface area (Å²) in [6.45, 7) is 8.47. The van der Waals surface area contributed by atoms with Gasteiger partial charge in [-0.15, -0.1) is 0 Å². The summed E-state index contributed by atoms with van der Waals surface area (Å²) in [6.07, 6.45) is -1.25. The lowest BCUT2D eigenvalue weighted by atomic mass is 9.96. The minimum absolute atomic E-state index is 0.000750. The predicted octanol–water partition coefficient (Wildman–Crippen LogP) is 1.38. The highest BCUT2D eigenvalue weighted by molar-refractivity contribution is 5.80. The van der Waals surface area contributed by atoms with Gasteiger partial charge in [0.05, 0.1) is 31.7 Å². The molecule has 0 bridgehead atoms. The molecular formula is C27H43N3O9. The Balaban J connectivity index is 2.59. The van der Waals surface area contributed by atoms with E-state index in [9.17, 15) is 24.3 Å². The number of rotatable bonds is 20. The fraction of sp³-hybridized carbons (Fsp3) is 0.630. The second-order valence-corrected chi connectivity index (χ2v) is 9.52. The van der Waals surface area contributed by atoms with Crippen molar-refractivity contribution in [1.82, 2.24) is 15.5 Å². The van der Waals surface area contributed by atoms with E-state index >= 15 is 0 Å². The second kappa shape index (κ2) is 18.3. The fourth-order valence-electron chi connectivity index (χ4n) is 3.74. The van der Waals surface area contributed by atoms with E-state index in [0.717, 1.165) is 5.56 Å². The molecule has 0 aromatic heterocycles. The quantitative estimate of drug-likeness (QED) is 0.117. The number of amides is 2. The number of carbonyl (C=O) groups excluding carboxylic acids is 2. The smallest absolute Gasteiger partial charge is 0.306 e. The number of ether oxygens (including phenoxy) is 2. The van der Waals surface area contributed by atoms with E-state index in [2.05, 4.69) is 10.6 Å². The Kier molecular flexibility index (Phi) is 15.9. The average molecular weight is 554 g/mol. The molecule has 0 saturated heterocycles. The topological polar surface area (TPSA) is 175 Å². The van der Waals surface area contributed by atoms with Crippen molar-refractivity contribution in [2.75, 3.05) is 39.5 Å². The molecule has 12 nitrogen and oxygen atoms in total. The van der Waals surface area contributed by atoms with Crippen molar-refractivity contribution in [3.05, 3.63) is 35.4 Å². The molecule has 0 saturated carbocycles. The number of carbonyl (C=O) groups is 4. The number of benzene rings is 1. The lowest BCUT2D eigenvalue weighted by Gasteiger charge is -2.26. The van der Waals surface area contributed by atoms with Gasteiger partial charge in [0.1, 0.15) is 12.8 Å². The number of nitrogens with zero attached hydrogens (tertiary/aromatic N) is 1. The number of carboxylic acid groups (broad SMARTS) is 2. The minimum Gasteiger partial charge on any atom is -0.481 e. The molecule has 12 heteroatoms. The van der Waals surface area contributed by atoms with Crippen LogP contribution in [0.5, 0.6) is 0 Å². The van der Waals surface area contributed by atoms with Crippen LogP contribution in [0.4, 0.5) is 0 Å². The van der Waals surface area contributed by atoms with Crippen LogP contribution in [0.1, 0.15) is 57.9 Å². The van der Waals surface area contributed by atoms with E-state index in [-0.39, 0.29) is 57.1 Å². The van der Waals surface area contributed by atoms with Crippen molar-refractivity contribution in [3.8, 4) is 0 Å². The summed E-state index contributed by atoms with van der Waals surface area (Å²) in [6, 6.07) is 6.92. The number of nitrogens with one attached hydrogen (secondary N) is 2. The van der Waals surface area contributed by atoms with E-state index in [0.29, 0.717) is 25.3 Å². The zero-order valence-electron chi connectivity index (χ0n) is 23.2. The maximum atomic E-state index is 13.0. The van der Waals surface area contributed by atoms with Crippen molar-refractivity contribution >= 4 is 23.8 Å². The highest BCUT2D eigenvalue weighted by Crippen LogP contribution is 2.18. The van der Waals surface area contributed by atoms with Crippen LogP contribution in [0.3, 0.4) is 0 Å². The lowest BCUT2D eigenvalue weighted by molar-refractivity contribution is -0.143. The highest BCUT2D eigenvalue weighted by Gasteiger charge is 2.25. The van der Waals surface area contributed by atoms with E-state index in [1.165, 1.54) is 11.8 Å². The number of likely N-dealkylation sites (N-methyl/N-ethyl adjacent to an activating group) is 1. The summed E-state index contributed by atoms with van der Waals surface area (Å²) in [7, 11) is 0. The normalized spacial score (nSPS) is 14.2. The van der Waals surface area contributed by atoms with Gasteiger partial charge in [-0.2, -0.15) is 0 Å². The first-order chi connectivity index (χ1) is 18.4. The van der Waals surface area contributed by atoms with Crippen LogP contribution in [0.2, 0.25) is 0 Å².